The smallest absolute Gasteiger partial charge is 0.251 e. The Kier molecular flexibility index (Phi) is 6.43. The zero-order valence-corrected chi connectivity index (χ0v) is 11.5. The van der Waals surface area contributed by atoms with Crippen molar-refractivity contribution in [3.05, 3.63) is 12.3 Å². The second-order valence-corrected chi connectivity index (χ2v) is 4.37. The molecule has 5 nitrogen and oxygen atoms in total. The second kappa shape index (κ2) is 7.87. The molecule has 0 aliphatic carbocycles. The quantitative estimate of drug-likeness (QED) is 0.724. The van der Waals surface area contributed by atoms with Gasteiger partial charge in [-0.1, -0.05) is 20.3 Å². The summed E-state index contributed by atoms with van der Waals surface area (Å²) in [6, 6.07) is 2.08. The summed E-state index contributed by atoms with van der Waals surface area (Å²) in [5.41, 5.74) is 0. The predicted molar refractivity (Wildman–Crippen MR) is 71.6 cm³/mol. The van der Waals surface area contributed by atoms with Crippen LogP contribution in [0.5, 0.6) is 0 Å². The number of ether oxygens (including phenoxy) is 1. The molecule has 0 unspecified atom stereocenters. The topological polar surface area (TPSA) is 56.1 Å². The van der Waals surface area contributed by atoms with E-state index >= 15 is 0 Å². The van der Waals surface area contributed by atoms with E-state index in [2.05, 4.69) is 31.2 Å². The number of nitrogens with zero attached hydrogens (tertiary/aromatic N) is 2. The van der Waals surface area contributed by atoms with Crippen molar-refractivity contribution in [1.29, 1.82) is 0 Å². The van der Waals surface area contributed by atoms with Gasteiger partial charge in [-0.15, -0.1) is 0 Å². The Morgan fingerprint density at radius 3 is 3.00 bits per heavy atom. The molecule has 1 atom stereocenters. The third kappa shape index (κ3) is 4.49. The van der Waals surface area contributed by atoms with Crippen LogP contribution in [0.25, 0.3) is 0 Å². The van der Waals surface area contributed by atoms with E-state index in [0.717, 1.165) is 25.1 Å². The number of carbonyl (C=O) groups excluding carboxylic acids is 1. The van der Waals surface area contributed by atoms with Gasteiger partial charge in [0.25, 0.3) is 5.91 Å². The number of amides is 1. The van der Waals surface area contributed by atoms with Gasteiger partial charge in [-0.05, 0) is 19.8 Å². The van der Waals surface area contributed by atoms with E-state index in [1.165, 1.54) is 0 Å². The Hall–Kier alpha value is -1.36. The van der Waals surface area contributed by atoms with E-state index in [1.54, 1.807) is 12.3 Å². The second-order valence-electron chi connectivity index (χ2n) is 4.37. The average Bonchev–Trinajstić information content (AvgIpc) is 2.82. The molecule has 0 saturated heterocycles. The molecule has 0 bridgehead atoms. The van der Waals surface area contributed by atoms with Crippen LogP contribution in [0.4, 0.5) is 5.82 Å². The van der Waals surface area contributed by atoms with Crippen molar-refractivity contribution in [3.63, 3.8) is 0 Å². The standard InChI is InChI=1S/C13H23N3O2/c1-4-6-9-18-10-13(17)15-12-7-8-14-16(12)11(3)5-2/h7-8,11H,4-6,9-10H2,1-3H3,(H,15,17)/t11-/m0/s1. The number of nitrogens with one attached hydrogen (secondary N) is 1. The van der Waals surface area contributed by atoms with Crippen molar-refractivity contribution in [2.24, 2.45) is 0 Å². The lowest BCUT2D eigenvalue weighted by Crippen LogP contribution is -2.21. The molecule has 1 aromatic rings. The summed E-state index contributed by atoms with van der Waals surface area (Å²) in [5, 5.41) is 7.03. The van der Waals surface area contributed by atoms with Crippen LogP contribution in [0.2, 0.25) is 0 Å². The van der Waals surface area contributed by atoms with Crippen molar-refractivity contribution < 1.29 is 9.53 Å². The summed E-state index contributed by atoms with van der Waals surface area (Å²) >= 11 is 0. The molecule has 1 aromatic heterocycles. The van der Waals surface area contributed by atoms with Gasteiger partial charge in [0.2, 0.25) is 0 Å². The first-order valence-corrected chi connectivity index (χ1v) is 6.60. The van der Waals surface area contributed by atoms with Crippen LogP contribution in [0.1, 0.15) is 46.1 Å². The fourth-order valence-corrected chi connectivity index (χ4v) is 1.53. The van der Waals surface area contributed by atoms with E-state index in [4.69, 9.17) is 4.74 Å². The van der Waals surface area contributed by atoms with E-state index in [0.29, 0.717) is 6.61 Å². The molecule has 0 aromatic carbocycles. The monoisotopic (exact) mass is 253 g/mol. The average molecular weight is 253 g/mol. The third-order valence-corrected chi connectivity index (χ3v) is 2.82. The molecule has 5 heteroatoms. The minimum Gasteiger partial charge on any atom is -0.372 e. The highest BCUT2D eigenvalue weighted by atomic mass is 16.5. The molecule has 0 fully saturated rings. The first kappa shape index (κ1) is 14.7. The number of anilines is 1. The lowest BCUT2D eigenvalue weighted by molar-refractivity contribution is -0.120. The molecule has 0 aliphatic heterocycles. The highest BCUT2D eigenvalue weighted by Crippen LogP contribution is 2.16. The number of carbonyl (C=O) groups is 1. The first-order chi connectivity index (χ1) is 8.69. The van der Waals surface area contributed by atoms with Gasteiger partial charge in [-0.3, -0.25) is 4.79 Å². The molecule has 1 amide bonds. The molecule has 0 aliphatic rings. The molecule has 1 heterocycles. The van der Waals surface area contributed by atoms with Crippen molar-refractivity contribution in [3.8, 4) is 0 Å². The Balaban J connectivity index is 2.42. The van der Waals surface area contributed by atoms with Crippen LogP contribution in [-0.2, 0) is 9.53 Å². The van der Waals surface area contributed by atoms with Crippen LogP contribution in [-0.4, -0.2) is 28.9 Å². The molecular formula is C13H23N3O2. The van der Waals surface area contributed by atoms with Crippen LogP contribution < -0.4 is 5.32 Å². The van der Waals surface area contributed by atoms with E-state index in [9.17, 15) is 4.79 Å². The summed E-state index contributed by atoms with van der Waals surface area (Å²) < 4.78 is 7.09. The molecule has 1 rings (SSSR count). The zero-order chi connectivity index (χ0) is 13.4. The van der Waals surface area contributed by atoms with Gasteiger partial charge in [0.1, 0.15) is 12.4 Å². The SMILES string of the molecule is CCCCOCC(=O)Nc1ccnn1[C@@H](C)CC. The Bertz CT molecular complexity index is 363. The van der Waals surface area contributed by atoms with Gasteiger partial charge >= 0.3 is 0 Å². The van der Waals surface area contributed by atoms with Crippen LogP contribution in [0, 0.1) is 0 Å². The number of rotatable bonds is 8. The van der Waals surface area contributed by atoms with Gasteiger partial charge in [0.05, 0.1) is 12.2 Å². The van der Waals surface area contributed by atoms with Crippen molar-refractivity contribution in [2.75, 3.05) is 18.5 Å². The Morgan fingerprint density at radius 1 is 1.56 bits per heavy atom. The maximum Gasteiger partial charge on any atom is 0.251 e. The van der Waals surface area contributed by atoms with Crippen LogP contribution in [0.15, 0.2) is 12.3 Å². The highest BCUT2D eigenvalue weighted by molar-refractivity contribution is 5.90. The maximum atomic E-state index is 11.7. The minimum atomic E-state index is -0.129. The number of aromatic nitrogens is 2. The fourth-order valence-electron chi connectivity index (χ4n) is 1.53. The lowest BCUT2D eigenvalue weighted by atomic mass is 10.3. The van der Waals surface area contributed by atoms with Crippen molar-refractivity contribution in [1.82, 2.24) is 9.78 Å². The summed E-state index contributed by atoms with van der Waals surface area (Å²) in [5.74, 6) is 0.601. The van der Waals surface area contributed by atoms with Crippen LogP contribution >= 0.6 is 0 Å². The molecule has 0 radical (unpaired) electrons. The fraction of sp³-hybridized carbons (Fsp3) is 0.692. The number of hydrogen-bond donors (Lipinski definition) is 1. The van der Waals surface area contributed by atoms with Gasteiger partial charge < -0.3 is 10.1 Å². The van der Waals surface area contributed by atoms with E-state index in [1.807, 2.05) is 4.68 Å². The summed E-state index contributed by atoms with van der Waals surface area (Å²) in [4.78, 5) is 11.7. The van der Waals surface area contributed by atoms with Gasteiger partial charge in [-0.2, -0.15) is 5.10 Å². The normalized spacial score (nSPS) is 12.4. The summed E-state index contributed by atoms with van der Waals surface area (Å²) in [6.07, 6.45) is 4.72. The highest BCUT2D eigenvalue weighted by Gasteiger charge is 2.10. The zero-order valence-electron chi connectivity index (χ0n) is 11.5. The van der Waals surface area contributed by atoms with Gasteiger partial charge in [0, 0.05) is 12.7 Å². The lowest BCUT2D eigenvalue weighted by Gasteiger charge is -2.14. The van der Waals surface area contributed by atoms with Gasteiger partial charge in [-0.25, -0.2) is 4.68 Å². The van der Waals surface area contributed by atoms with E-state index in [-0.39, 0.29) is 18.6 Å². The van der Waals surface area contributed by atoms with Crippen molar-refractivity contribution >= 4 is 11.7 Å². The molecule has 0 saturated carbocycles. The predicted octanol–water partition coefficient (Wildman–Crippen LogP) is 2.61. The largest absolute Gasteiger partial charge is 0.372 e. The number of unbranched alkanes of at least 4 members (excludes halogenated alkanes) is 1. The molecule has 18 heavy (non-hydrogen) atoms. The molecule has 0 spiro atoms. The Morgan fingerprint density at radius 2 is 2.33 bits per heavy atom. The Labute approximate surface area is 109 Å². The molecule has 1 N–H and O–H groups in total. The summed E-state index contributed by atoms with van der Waals surface area (Å²) in [7, 11) is 0. The van der Waals surface area contributed by atoms with Crippen LogP contribution in [0.3, 0.4) is 0 Å². The molecule has 102 valence electrons. The first-order valence-electron chi connectivity index (χ1n) is 6.60. The minimum absolute atomic E-state index is 0.103. The third-order valence-electron chi connectivity index (χ3n) is 2.82. The van der Waals surface area contributed by atoms with Gasteiger partial charge in [0.15, 0.2) is 0 Å². The summed E-state index contributed by atoms with van der Waals surface area (Å²) in [6.45, 7) is 6.99. The van der Waals surface area contributed by atoms with Crippen molar-refractivity contribution in [2.45, 2.75) is 46.1 Å². The van der Waals surface area contributed by atoms with E-state index < -0.39 is 0 Å². The molecular weight excluding hydrogens is 230 g/mol. The maximum absolute atomic E-state index is 11.7. The number of hydrogen-bond acceptors (Lipinski definition) is 3.